The Bertz CT molecular complexity index is 916. The average Bonchev–Trinajstić information content (AvgIpc) is 3.08. The van der Waals surface area contributed by atoms with Gasteiger partial charge in [0.05, 0.1) is 5.71 Å². The molecule has 2 aliphatic rings. The highest BCUT2D eigenvalue weighted by atomic mass is 19.1. The van der Waals surface area contributed by atoms with Crippen LogP contribution >= 0.6 is 0 Å². The molecule has 8 heteroatoms. The van der Waals surface area contributed by atoms with Gasteiger partial charge in [0.1, 0.15) is 11.5 Å². The van der Waals surface area contributed by atoms with E-state index >= 15 is 0 Å². The number of carbonyl (C=O) groups is 1. The van der Waals surface area contributed by atoms with Gasteiger partial charge >= 0.3 is 0 Å². The number of hydrogen-bond acceptors (Lipinski definition) is 5. The van der Waals surface area contributed by atoms with Crippen molar-refractivity contribution in [1.82, 2.24) is 14.4 Å². The van der Waals surface area contributed by atoms with Crippen molar-refractivity contribution in [2.75, 3.05) is 50.7 Å². The zero-order valence-corrected chi connectivity index (χ0v) is 17.3. The summed E-state index contributed by atoms with van der Waals surface area (Å²) in [4.78, 5) is 19.6. The maximum atomic E-state index is 13.1. The fraction of sp³-hybridized carbons (Fsp3) is 0.455. The number of hydrogen-bond donors (Lipinski definition) is 1. The summed E-state index contributed by atoms with van der Waals surface area (Å²) in [5.74, 6) is -0.211. The van der Waals surface area contributed by atoms with Crippen LogP contribution in [0.25, 0.3) is 0 Å². The van der Waals surface area contributed by atoms with Crippen molar-refractivity contribution in [1.29, 1.82) is 0 Å². The number of rotatable bonds is 5. The molecule has 0 atom stereocenters. The number of halogens is 1. The summed E-state index contributed by atoms with van der Waals surface area (Å²) in [6, 6.07) is 8.51. The molecule has 2 aromatic rings. The van der Waals surface area contributed by atoms with E-state index in [4.69, 9.17) is 0 Å². The van der Waals surface area contributed by atoms with Crippen molar-refractivity contribution in [2.45, 2.75) is 12.8 Å². The summed E-state index contributed by atoms with van der Waals surface area (Å²) in [5.41, 5.74) is 2.95. The minimum atomic E-state index is -0.208. The summed E-state index contributed by atoms with van der Waals surface area (Å²) in [6.07, 6.45) is 3.28. The Morgan fingerprint density at radius 2 is 1.77 bits per heavy atom. The van der Waals surface area contributed by atoms with Crippen LogP contribution in [-0.4, -0.2) is 77.0 Å². The van der Waals surface area contributed by atoms with Crippen molar-refractivity contribution >= 4 is 17.3 Å². The summed E-state index contributed by atoms with van der Waals surface area (Å²) >= 11 is 0. The van der Waals surface area contributed by atoms with Gasteiger partial charge in [0.2, 0.25) is 0 Å². The molecule has 0 radical (unpaired) electrons. The first-order valence-electron chi connectivity index (χ1n) is 10.5. The lowest BCUT2D eigenvalue weighted by Crippen LogP contribution is -2.47. The van der Waals surface area contributed by atoms with Crippen LogP contribution < -0.4 is 4.90 Å². The third kappa shape index (κ3) is 4.18. The van der Waals surface area contributed by atoms with Gasteiger partial charge in [-0.2, -0.15) is 0 Å². The number of carbonyl (C=O) groups excluding carboxylic acids is 1. The smallest absolute Gasteiger partial charge is 0.271 e. The number of oxime groups is 1. The fourth-order valence-corrected chi connectivity index (χ4v) is 4.34. The van der Waals surface area contributed by atoms with E-state index in [-0.39, 0.29) is 11.7 Å². The molecule has 0 spiro atoms. The normalized spacial score (nSPS) is 19.3. The number of nitrogens with zero attached hydrogens (tertiary/aromatic N) is 5. The zero-order chi connectivity index (χ0) is 21.1. The van der Waals surface area contributed by atoms with Crippen molar-refractivity contribution in [2.24, 2.45) is 12.2 Å². The van der Waals surface area contributed by atoms with Crippen molar-refractivity contribution in [3.05, 3.63) is 53.6 Å². The van der Waals surface area contributed by atoms with E-state index in [1.807, 2.05) is 36.3 Å². The second-order valence-corrected chi connectivity index (χ2v) is 7.94. The van der Waals surface area contributed by atoms with Crippen molar-refractivity contribution in [3.63, 3.8) is 0 Å². The Morgan fingerprint density at radius 1 is 1.03 bits per heavy atom. The van der Waals surface area contributed by atoms with Crippen LogP contribution in [0.3, 0.4) is 0 Å². The van der Waals surface area contributed by atoms with Gasteiger partial charge in [-0.05, 0) is 43.3 Å². The first-order chi connectivity index (χ1) is 14.6. The number of benzene rings is 1. The molecule has 1 amide bonds. The van der Waals surface area contributed by atoms with Gasteiger partial charge < -0.3 is 19.6 Å². The molecular weight excluding hydrogens is 385 g/mol. The lowest BCUT2D eigenvalue weighted by Gasteiger charge is -2.36. The zero-order valence-electron chi connectivity index (χ0n) is 17.3. The highest BCUT2D eigenvalue weighted by Crippen LogP contribution is 2.21. The Balaban J connectivity index is 1.28. The molecule has 2 aliphatic heterocycles. The van der Waals surface area contributed by atoms with Gasteiger partial charge in [0.25, 0.3) is 5.91 Å². The largest absolute Gasteiger partial charge is 0.411 e. The molecule has 0 aliphatic carbocycles. The van der Waals surface area contributed by atoms with Gasteiger partial charge in [-0.3, -0.25) is 9.69 Å². The van der Waals surface area contributed by atoms with Crippen LogP contribution in [0, 0.1) is 5.82 Å². The fourth-order valence-electron chi connectivity index (χ4n) is 4.34. The number of anilines is 1. The maximum Gasteiger partial charge on any atom is 0.271 e. The van der Waals surface area contributed by atoms with E-state index < -0.39 is 0 Å². The standard InChI is InChI=1S/C22H28FN5O2/c1-25-11-7-19-20(24-30)8-12-28(22(29)21(19)25)10-2-9-26-13-15-27(16-14-26)18-5-3-17(23)4-6-18/h3-7,11,30H,2,8-10,12-16H2,1H3/b24-20-. The Kier molecular flexibility index (Phi) is 6.03. The molecular formula is C22H28FN5O2. The van der Waals surface area contributed by atoms with Crippen LogP contribution in [0.2, 0.25) is 0 Å². The molecule has 3 heterocycles. The van der Waals surface area contributed by atoms with E-state index in [0.29, 0.717) is 30.9 Å². The van der Waals surface area contributed by atoms with Crippen LogP contribution in [-0.2, 0) is 7.05 Å². The quantitative estimate of drug-likeness (QED) is 0.604. The maximum absolute atomic E-state index is 13.1. The molecule has 1 saturated heterocycles. The van der Waals surface area contributed by atoms with E-state index in [9.17, 15) is 14.4 Å². The molecule has 7 nitrogen and oxygen atoms in total. The molecule has 0 unspecified atom stereocenters. The van der Waals surface area contributed by atoms with Gasteiger partial charge in [-0.15, -0.1) is 0 Å². The predicted octanol–water partition coefficient (Wildman–Crippen LogP) is 2.40. The highest BCUT2D eigenvalue weighted by molar-refractivity contribution is 6.11. The van der Waals surface area contributed by atoms with Gasteiger partial charge in [0, 0.05) is 70.2 Å². The number of fused-ring (bicyclic) bond motifs is 1. The van der Waals surface area contributed by atoms with E-state index in [2.05, 4.69) is 15.0 Å². The monoisotopic (exact) mass is 413 g/mol. The average molecular weight is 413 g/mol. The topological polar surface area (TPSA) is 64.3 Å². The van der Waals surface area contributed by atoms with Crippen LogP contribution in [0.15, 0.2) is 41.7 Å². The van der Waals surface area contributed by atoms with Crippen LogP contribution in [0.5, 0.6) is 0 Å². The summed E-state index contributed by atoms with van der Waals surface area (Å²) < 4.78 is 14.9. The number of aromatic nitrogens is 1. The molecule has 30 heavy (non-hydrogen) atoms. The van der Waals surface area contributed by atoms with Crippen molar-refractivity contribution < 1.29 is 14.4 Å². The SMILES string of the molecule is Cn1ccc2c1C(=O)N(CCCN1CCN(c3ccc(F)cc3)CC1)CC/C2=N/O. The number of amides is 1. The lowest BCUT2D eigenvalue weighted by atomic mass is 10.1. The lowest BCUT2D eigenvalue weighted by molar-refractivity contribution is 0.0745. The van der Waals surface area contributed by atoms with E-state index in [1.54, 1.807) is 4.57 Å². The first-order valence-corrected chi connectivity index (χ1v) is 10.5. The molecule has 1 fully saturated rings. The molecule has 0 bridgehead atoms. The second kappa shape index (κ2) is 8.87. The van der Waals surface area contributed by atoms with E-state index in [1.165, 1.54) is 12.1 Å². The Hall–Kier alpha value is -2.87. The van der Waals surface area contributed by atoms with Crippen molar-refractivity contribution in [3.8, 4) is 0 Å². The number of aryl methyl sites for hydroxylation is 1. The Labute approximate surface area is 176 Å². The van der Waals surface area contributed by atoms with Crippen LogP contribution in [0.1, 0.15) is 28.9 Å². The number of piperazine rings is 1. The second-order valence-electron chi connectivity index (χ2n) is 7.94. The first kappa shape index (κ1) is 20.4. The molecule has 4 rings (SSSR count). The van der Waals surface area contributed by atoms with Gasteiger partial charge in [0.15, 0.2) is 0 Å². The van der Waals surface area contributed by atoms with Gasteiger partial charge in [-0.25, -0.2) is 4.39 Å². The summed E-state index contributed by atoms with van der Waals surface area (Å²) in [6.45, 7) is 5.91. The minimum Gasteiger partial charge on any atom is -0.411 e. The van der Waals surface area contributed by atoms with Crippen LogP contribution in [0.4, 0.5) is 10.1 Å². The Morgan fingerprint density at radius 3 is 2.47 bits per heavy atom. The molecule has 160 valence electrons. The van der Waals surface area contributed by atoms with Gasteiger partial charge in [-0.1, -0.05) is 5.16 Å². The third-order valence-corrected chi connectivity index (χ3v) is 6.08. The summed E-state index contributed by atoms with van der Waals surface area (Å²) in [7, 11) is 1.84. The third-order valence-electron chi connectivity index (χ3n) is 6.08. The molecule has 1 aromatic heterocycles. The highest BCUT2D eigenvalue weighted by Gasteiger charge is 2.28. The predicted molar refractivity (Wildman–Crippen MR) is 114 cm³/mol. The van der Waals surface area contributed by atoms with E-state index in [0.717, 1.165) is 50.4 Å². The molecule has 1 aromatic carbocycles. The molecule has 1 N–H and O–H groups in total. The summed E-state index contributed by atoms with van der Waals surface area (Å²) in [5, 5.41) is 12.7. The molecule has 0 saturated carbocycles. The minimum absolute atomic E-state index is 0.00252.